The summed E-state index contributed by atoms with van der Waals surface area (Å²) in [5.41, 5.74) is 0.790. The molecular formula is C16H24OSe. The SMILES string of the molecule is C[Se]C(C)(C)C1(O)CCCCC1c1ccccc1. The van der Waals surface area contributed by atoms with Crippen LogP contribution in [0.15, 0.2) is 30.3 Å². The number of benzene rings is 1. The van der Waals surface area contributed by atoms with Crippen molar-refractivity contribution in [2.45, 2.75) is 61.2 Å². The van der Waals surface area contributed by atoms with E-state index < -0.39 is 5.60 Å². The van der Waals surface area contributed by atoms with Crippen LogP contribution in [0.25, 0.3) is 0 Å². The average molecular weight is 311 g/mol. The molecular weight excluding hydrogens is 287 g/mol. The minimum absolute atomic E-state index is 0.0426. The van der Waals surface area contributed by atoms with E-state index in [1.807, 2.05) is 0 Å². The Labute approximate surface area is 117 Å². The molecule has 1 aliphatic carbocycles. The van der Waals surface area contributed by atoms with Crippen LogP contribution in [-0.2, 0) is 0 Å². The Balaban J connectivity index is 2.37. The molecule has 0 saturated heterocycles. The van der Waals surface area contributed by atoms with Gasteiger partial charge in [0.05, 0.1) is 0 Å². The third kappa shape index (κ3) is 2.39. The standard InChI is InChI=1S/C16H24OSe/c1-15(2,18-3)16(17)12-8-7-11-14(16)13-9-5-4-6-10-13/h4-6,9-10,14,17H,7-8,11-12H2,1-3H3. The molecule has 2 unspecified atom stereocenters. The third-order valence-electron chi connectivity index (χ3n) is 4.63. The molecule has 1 aromatic carbocycles. The number of hydrogen-bond donors (Lipinski definition) is 1. The molecule has 18 heavy (non-hydrogen) atoms. The summed E-state index contributed by atoms with van der Waals surface area (Å²) in [5.74, 6) is 2.56. The predicted molar refractivity (Wildman–Crippen MR) is 78.3 cm³/mol. The number of aliphatic hydroxyl groups is 1. The van der Waals surface area contributed by atoms with Crippen molar-refractivity contribution in [3.05, 3.63) is 35.9 Å². The van der Waals surface area contributed by atoms with Gasteiger partial charge in [-0.3, -0.25) is 0 Å². The topological polar surface area (TPSA) is 20.2 Å². The first-order valence-corrected chi connectivity index (χ1v) is 9.41. The van der Waals surface area contributed by atoms with Gasteiger partial charge in [0, 0.05) is 0 Å². The molecule has 0 bridgehead atoms. The second kappa shape index (κ2) is 5.36. The van der Waals surface area contributed by atoms with Crippen molar-refractivity contribution in [2.24, 2.45) is 0 Å². The second-order valence-electron chi connectivity index (χ2n) is 5.85. The summed E-state index contributed by atoms with van der Waals surface area (Å²) in [7, 11) is 0. The third-order valence-corrected chi connectivity index (χ3v) is 7.51. The normalized spacial score (nSPS) is 29.2. The molecule has 1 nitrogen and oxygen atoms in total. The van der Waals surface area contributed by atoms with Crippen molar-refractivity contribution < 1.29 is 5.11 Å². The number of hydrogen-bond acceptors (Lipinski definition) is 1. The van der Waals surface area contributed by atoms with Crippen molar-refractivity contribution >= 4 is 15.0 Å². The summed E-state index contributed by atoms with van der Waals surface area (Å²) in [5, 5.41) is 11.3. The molecule has 0 amide bonds. The summed E-state index contributed by atoms with van der Waals surface area (Å²) in [6.07, 6.45) is 4.49. The molecule has 100 valence electrons. The van der Waals surface area contributed by atoms with Gasteiger partial charge in [0.2, 0.25) is 0 Å². The molecule has 2 heteroatoms. The summed E-state index contributed by atoms with van der Waals surface area (Å²) >= 11 is 0.451. The average Bonchev–Trinajstić information content (AvgIpc) is 2.40. The van der Waals surface area contributed by atoms with Crippen molar-refractivity contribution in [3.8, 4) is 0 Å². The molecule has 0 heterocycles. The van der Waals surface area contributed by atoms with Crippen LogP contribution in [-0.4, -0.2) is 25.7 Å². The zero-order valence-electron chi connectivity index (χ0n) is 11.6. The van der Waals surface area contributed by atoms with Crippen LogP contribution in [0, 0.1) is 0 Å². The van der Waals surface area contributed by atoms with E-state index in [0.29, 0.717) is 20.9 Å². The van der Waals surface area contributed by atoms with E-state index in [-0.39, 0.29) is 4.31 Å². The molecule has 0 aliphatic heterocycles. The molecule has 2 rings (SSSR count). The van der Waals surface area contributed by atoms with Crippen LogP contribution in [0.3, 0.4) is 0 Å². The van der Waals surface area contributed by atoms with Crippen LogP contribution in [0.4, 0.5) is 0 Å². The van der Waals surface area contributed by atoms with Gasteiger partial charge in [-0.25, -0.2) is 0 Å². The van der Waals surface area contributed by atoms with E-state index in [0.717, 1.165) is 12.8 Å². The van der Waals surface area contributed by atoms with E-state index in [1.165, 1.54) is 18.4 Å². The van der Waals surface area contributed by atoms with Crippen molar-refractivity contribution in [1.29, 1.82) is 0 Å². The maximum absolute atomic E-state index is 11.3. The van der Waals surface area contributed by atoms with E-state index in [4.69, 9.17) is 0 Å². The van der Waals surface area contributed by atoms with Crippen LogP contribution < -0.4 is 0 Å². The Kier molecular flexibility index (Phi) is 4.21. The van der Waals surface area contributed by atoms with Gasteiger partial charge in [-0.05, 0) is 0 Å². The zero-order chi connectivity index (χ0) is 13.2. The van der Waals surface area contributed by atoms with Crippen LogP contribution in [0.2, 0.25) is 10.1 Å². The Morgan fingerprint density at radius 3 is 2.50 bits per heavy atom. The Hall–Kier alpha value is -0.301. The summed E-state index contributed by atoms with van der Waals surface area (Å²) < 4.78 is 0.0426. The fourth-order valence-electron chi connectivity index (χ4n) is 3.18. The maximum atomic E-state index is 11.3. The molecule has 0 spiro atoms. The number of rotatable bonds is 3. The van der Waals surface area contributed by atoms with Crippen LogP contribution >= 0.6 is 0 Å². The molecule has 1 aromatic rings. The van der Waals surface area contributed by atoms with E-state index in [2.05, 4.69) is 50.0 Å². The van der Waals surface area contributed by atoms with E-state index in [1.54, 1.807) is 0 Å². The fraction of sp³-hybridized carbons (Fsp3) is 0.625. The first kappa shape index (κ1) is 14.1. The van der Waals surface area contributed by atoms with E-state index >= 15 is 0 Å². The molecule has 1 saturated carbocycles. The van der Waals surface area contributed by atoms with Crippen molar-refractivity contribution in [2.75, 3.05) is 0 Å². The van der Waals surface area contributed by atoms with E-state index in [9.17, 15) is 5.11 Å². The van der Waals surface area contributed by atoms with Gasteiger partial charge in [0.1, 0.15) is 0 Å². The van der Waals surface area contributed by atoms with Gasteiger partial charge in [-0.1, -0.05) is 0 Å². The summed E-state index contributed by atoms with van der Waals surface area (Å²) in [4.78, 5) is 0. The first-order chi connectivity index (χ1) is 8.51. The molecule has 2 atom stereocenters. The Morgan fingerprint density at radius 1 is 1.22 bits per heavy atom. The van der Waals surface area contributed by atoms with Crippen LogP contribution in [0.5, 0.6) is 0 Å². The van der Waals surface area contributed by atoms with Gasteiger partial charge < -0.3 is 0 Å². The molecule has 0 radical (unpaired) electrons. The van der Waals surface area contributed by atoms with Gasteiger partial charge in [0.25, 0.3) is 0 Å². The van der Waals surface area contributed by atoms with Crippen molar-refractivity contribution in [1.82, 2.24) is 0 Å². The molecule has 1 fully saturated rings. The molecule has 0 aromatic heterocycles. The van der Waals surface area contributed by atoms with Gasteiger partial charge in [0.15, 0.2) is 0 Å². The quantitative estimate of drug-likeness (QED) is 0.836. The van der Waals surface area contributed by atoms with Crippen molar-refractivity contribution in [3.63, 3.8) is 0 Å². The molecule has 1 aliphatic rings. The van der Waals surface area contributed by atoms with Gasteiger partial charge >= 0.3 is 117 Å². The van der Waals surface area contributed by atoms with Crippen LogP contribution in [0.1, 0.15) is 51.0 Å². The second-order valence-corrected chi connectivity index (χ2v) is 8.85. The summed E-state index contributed by atoms with van der Waals surface area (Å²) in [6, 6.07) is 10.6. The monoisotopic (exact) mass is 312 g/mol. The Morgan fingerprint density at radius 2 is 1.89 bits per heavy atom. The first-order valence-electron chi connectivity index (χ1n) is 6.84. The molecule has 1 N–H and O–H groups in total. The predicted octanol–water partition coefficient (Wildman–Crippen LogP) is 4.03. The minimum atomic E-state index is -0.526. The zero-order valence-corrected chi connectivity index (χ0v) is 13.4. The Bertz CT molecular complexity index is 387. The summed E-state index contributed by atoms with van der Waals surface area (Å²) in [6.45, 7) is 4.49. The van der Waals surface area contributed by atoms with Gasteiger partial charge in [-0.2, -0.15) is 0 Å². The fourth-order valence-corrected chi connectivity index (χ4v) is 4.44. The van der Waals surface area contributed by atoms with Gasteiger partial charge in [-0.15, -0.1) is 0 Å².